The Hall–Kier alpha value is -2.66. The number of aromatic nitrogens is 2. The summed E-state index contributed by atoms with van der Waals surface area (Å²) >= 11 is 0. The smallest absolute Gasteiger partial charge is 0.234 e. The van der Waals surface area contributed by atoms with E-state index in [4.69, 9.17) is 0 Å². The van der Waals surface area contributed by atoms with Gasteiger partial charge in [0.2, 0.25) is 5.91 Å². The Balaban J connectivity index is 1.26. The van der Waals surface area contributed by atoms with Gasteiger partial charge in [-0.15, -0.1) is 0 Å². The minimum atomic E-state index is 0.135. The number of rotatable bonds is 7. The predicted octanol–water partition coefficient (Wildman–Crippen LogP) is 4.58. The van der Waals surface area contributed by atoms with Crippen LogP contribution in [-0.2, 0) is 4.79 Å². The van der Waals surface area contributed by atoms with Crippen LogP contribution in [0.4, 0.5) is 0 Å². The van der Waals surface area contributed by atoms with Crippen molar-refractivity contribution in [2.24, 2.45) is 0 Å². The fourth-order valence-corrected chi connectivity index (χ4v) is 4.37. The number of allylic oxidation sites excluding steroid dienone is 1. The Morgan fingerprint density at radius 3 is 2.77 bits per heavy atom. The molecule has 1 N–H and O–H groups in total. The van der Waals surface area contributed by atoms with Crippen LogP contribution in [0.25, 0.3) is 11.3 Å². The summed E-state index contributed by atoms with van der Waals surface area (Å²) < 4.78 is 1.95. The van der Waals surface area contributed by atoms with Gasteiger partial charge in [0, 0.05) is 31.4 Å². The number of carbonyl (C=O) groups excluding carboxylic acids is 1. The van der Waals surface area contributed by atoms with Crippen molar-refractivity contribution in [3.63, 3.8) is 0 Å². The summed E-state index contributed by atoms with van der Waals surface area (Å²) in [6.45, 7) is 7.20. The molecule has 2 heterocycles. The van der Waals surface area contributed by atoms with Crippen molar-refractivity contribution in [3.8, 4) is 5.69 Å². The zero-order valence-electron chi connectivity index (χ0n) is 18.9. The molecule has 5 nitrogen and oxygen atoms in total. The third-order valence-corrected chi connectivity index (χ3v) is 6.52. The lowest BCUT2D eigenvalue weighted by Gasteiger charge is -2.25. The molecule has 1 aromatic heterocycles. The van der Waals surface area contributed by atoms with Crippen molar-refractivity contribution >= 4 is 11.5 Å². The van der Waals surface area contributed by atoms with Crippen LogP contribution < -0.4 is 5.32 Å². The van der Waals surface area contributed by atoms with E-state index >= 15 is 0 Å². The maximum absolute atomic E-state index is 12.3. The molecule has 1 amide bonds. The van der Waals surface area contributed by atoms with E-state index in [1.807, 2.05) is 10.9 Å². The second-order valence-electron chi connectivity index (χ2n) is 8.86. The Bertz CT molecular complexity index is 985. The van der Waals surface area contributed by atoms with E-state index in [1.165, 1.54) is 53.5 Å². The Morgan fingerprint density at radius 2 is 2.03 bits per heavy atom. The van der Waals surface area contributed by atoms with Gasteiger partial charge in [-0.3, -0.25) is 9.69 Å². The van der Waals surface area contributed by atoms with Crippen LogP contribution in [0.3, 0.4) is 0 Å². The summed E-state index contributed by atoms with van der Waals surface area (Å²) in [7, 11) is 0. The van der Waals surface area contributed by atoms with Gasteiger partial charge in [-0.25, -0.2) is 4.68 Å². The molecule has 0 spiro atoms. The van der Waals surface area contributed by atoms with E-state index in [1.54, 1.807) is 0 Å². The first-order chi connectivity index (χ1) is 15.1. The highest BCUT2D eigenvalue weighted by atomic mass is 16.2. The molecule has 0 radical (unpaired) electrons. The first kappa shape index (κ1) is 21.6. The molecule has 164 valence electrons. The second-order valence-corrected chi connectivity index (χ2v) is 8.86. The highest BCUT2D eigenvalue weighted by Gasteiger charge is 2.17. The zero-order valence-corrected chi connectivity index (χ0v) is 18.9. The average molecular weight is 419 g/mol. The normalized spacial score (nSPS) is 17.2. The van der Waals surface area contributed by atoms with Crippen molar-refractivity contribution < 1.29 is 4.79 Å². The monoisotopic (exact) mass is 418 g/mol. The summed E-state index contributed by atoms with van der Waals surface area (Å²) in [5.74, 6) is 0.135. The molecule has 0 unspecified atom stereocenters. The largest absolute Gasteiger partial charge is 0.355 e. The lowest BCUT2D eigenvalue weighted by molar-refractivity contribution is -0.122. The maximum atomic E-state index is 12.3. The van der Waals surface area contributed by atoms with Gasteiger partial charge in [-0.1, -0.05) is 23.8 Å². The molecule has 0 saturated heterocycles. The van der Waals surface area contributed by atoms with E-state index in [9.17, 15) is 4.79 Å². The molecule has 2 aromatic rings. The molecule has 1 aromatic carbocycles. The van der Waals surface area contributed by atoms with Gasteiger partial charge >= 0.3 is 0 Å². The predicted molar refractivity (Wildman–Crippen MR) is 126 cm³/mol. The third-order valence-electron chi connectivity index (χ3n) is 6.52. The Morgan fingerprint density at radius 1 is 1.13 bits per heavy atom. The topological polar surface area (TPSA) is 50.2 Å². The van der Waals surface area contributed by atoms with Gasteiger partial charge in [0.15, 0.2) is 0 Å². The molecule has 0 bridgehead atoms. The maximum Gasteiger partial charge on any atom is 0.234 e. The summed E-state index contributed by atoms with van der Waals surface area (Å²) in [4.78, 5) is 14.5. The SMILES string of the molecule is Cc1ccc(-n2cc(C3=CCN(CC(=O)NCCC4=CCCCC4)CC3)cn2)cc1C. The fraction of sp³-hybridized carbons (Fsp3) is 0.462. The molecule has 1 aliphatic heterocycles. The molecular formula is C26H34N4O. The number of nitrogens with zero attached hydrogens (tertiary/aromatic N) is 3. The van der Waals surface area contributed by atoms with Crippen LogP contribution >= 0.6 is 0 Å². The van der Waals surface area contributed by atoms with Crippen LogP contribution in [0, 0.1) is 13.8 Å². The molecule has 0 fully saturated rings. The van der Waals surface area contributed by atoms with Crippen LogP contribution in [0.5, 0.6) is 0 Å². The molecule has 1 aliphatic carbocycles. The number of nitrogens with one attached hydrogen (secondary N) is 1. The lowest BCUT2D eigenvalue weighted by Crippen LogP contribution is -2.39. The van der Waals surface area contributed by atoms with Gasteiger partial charge in [-0.2, -0.15) is 5.10 Å². The third kappa shape index (κ3) is 5.73. The quantitative estimate of drug-likeness (QED) is 0.670. The van der Waals surface area contributed by atoms with E-state index in [0.717, 1.165) is 38.2 Å². The summed E-state index contributed by atoms with van der Waals surface area (Å²) in [6.07, 6.45) is 15.6. The molecule has 0 saturated carbocycles. The highest BCUT2D eigenvalue weighted by Crippen LogP contribution is 2.23. The van der Waals surface area contributed by atoms with Gasteiger partial charge in [0.25, 0.3) is 0 Å². The first-order valence-corrected chi connectivity index (χ1v) is 11.6. The van der Waals surface area contributed by atoms with Crippen molar-refractivity contribution in [1.82, 2.24) is 20.0 Å². The number of aryl methyl sites for hydroxylation is 2. The molecule has 4 rings (SSSR count). The molecule has 2 aliphatic rings. The highest BCUT2D eigenvalue weighted by molar-refractivity contribution is 5.78. The number of benzene rings is 1. The number of carbonyl (C=O) groups is 1. The molecule has 0 atom stereocenters. The van der Waals surface area contributed by atoms with E-state index in [0.29, 0.717) is 6.54 Å². The Kier molecular flexibility index (Phi) is 7.03. The van der Waals surface area contributed by atoms with Gasteiger partial charge < -0.3 is 5.32 Å². The van der Waals surface area contributed by atoms with Crippen LogP contribution in [0.2, 0.25) is 0 Å². The lowest BCUT2D eigenvalue weighted by atomic mass is 9.97. The minimum Gasteiger partial charge on any atom is -0.355 e. The van der Waals surface area contributed by atoms with Crippen molar-refractivity contribution in [1.29, 1.82) is 0 Å². The summed E-state index contributed by atoms with van der Waals surface area (Å²) in [5.41, 5.74) is 7.66. The standard InChI is InChI=1S/C26H34N4O/c1-20-8-9-25(16-21(20)2)30-18-24(17-28-30)23-11-14-29(15-12-23)19-26(31)27-13-10-22-6-4-3-5-7-22/h6,8-9,11,16-18H,3-5,7,10,12-15,19H2,1-2H3,(H,27,31). The van der Waals surface area contributed by atoms with Gasteiger partial charge in [0.05, 0.1) is 18.4 Å². The Labute approximate surface area is 185 Å². The number of amides is 1. The minimum absolute atomic E-state index is 0.135. The average Bonchev–Trinajstić information content (AvgIpc) is 3.27. The van der Waals surface area contributed by atoms with E-state index in [-0.39, 0.29) is 5.91 Å². The first-order valence-electron chi connectivity index (χ1n) is 11.6. The number of hydrogen-bond acceptors (Lipinski definition) is 3. The molecule has 31 heavy (non-hydrogen) atoms. The van der Waals surface area contributed by atoms with E-state index in [2.05, 4.69) is 65.7 Å². The molecular weight excluding hydrogens is 384 g/mol. The van der Waals surface area contributed by atoms with Crippen LogP contribution in [-0.4, -0.2) is 46.8 Å². The van der Waals surface area contributed by atoms with Crippen LogP contribution in [0.15, 0.2) is 48.3 Å². The molecule has 5 heteroatoms. The summed E-state index contributed by atoms with van der Waals surface area (Å²) in [5, 5.41) is 7.66. The van der Waals surface area contributed by atoms with Gasteiger partial charge in [0.1, 0.15) is 0 Å². The summed E-state index contributed by atoms with van der Waals surface area (Å²) in [6, 6.07) is 6.42. The van der Waals surface area contributed by atoms with Crippen molar-refractivity contribution in [2.45, 2.75) is 52.4 Å². The van der Waals surface area contributed by atoms with E-state index < -0.39 is 0 Å². The second kappa shape index (κ2) is 10.1. The van der Waals surface area contributed by atoms with Crippen LogP contribution in [0.1, 0.15) is 55.2 Å². The van der Waals surface area contributed by atoms with Crippen molar-refractivity contribution in [3.05, 3.63) is 65.0 Å². The van der Waals surface area contributed by atoms with Crippen molar-refractivity contribution in [2.75, 3.05) is 26.2 Å². The zero-order chi connectivity index (χ0) is 21.6. The number of hydrogen-bond donors (Lipinski definition) is 1. The van der Waals surface area contributed by atoms with Gasteiger partial charge in [-0.05, 0) is 81.2 Å². The fourth-order valence-electron chi connectivity index (χ4n) is 4.37.